The van der Waals surface area contributed by atoms with E-state index in [1.54, 1.807) is 34.4 Å². The van der Waals surface area contributed by atoms with Gasteiger partial charge in [-0.25, -0.2) is 9.37 Å². The fraction of sp³-hybridized carbons (Fsp3) is 0.333. The van der Waals surface area contributed by atoms with E-state index >= 15 is 0 Å². The van der Waals surface area contributed by atoms with E-state index in [1.165, 1.54) is 22.6 Å². The summed E-state index contributed by atoms with van der Waals surface area (Å²) in [5.41, 5.74) is 2.12. The first-order valence-electron chi connectivity index (χ1n) is 7.86. The summed E-state index contributed by atoms with van der Waals surface area (Å²) in [6, 6.07) is 6.24. The van der Waals surface area contributed by atoms with Crippen molar-refractivity contribution < 1.29 is 4.39 Å². The Kier molecular flexibility index (Phi) is 3.53. The molecule has 0 fully saturated rings. The van der Waals surface area contributed by atoms with E-state index < -0.39 is 0 Å². The Morgan fingerprint density at radius 3 is 2.91 bits per heavy atom. The van der Waals surface area contributed by atoms with E-state index in [0.717, 1.165) is 35.0 Å². The molecule has 1 atom stereocenters. The highest BCUT2D eigenvalue weighted by Crippen LogP contribution is 2.35. The lowest BCUT2D eigenvalue weighted by Crippen LogP contribution is -2.22. The van der Waals surface area contributed by atoms with Gasteiger partial charge in [-0.3, -0.25) is 9.36 Å². The van der Waals surface area contributed by atoms with Crippen molar-refractivity contribution in [2.75, 3.05) is 0 Å². The molecule has 3 nitrogen and oxygen atoms in total. The van der Waals surface area contributed by atoms with Crippen molar-refractivity contribution >= 4 is 21.6 Å². The highest BCUT2D eigenvalue weighted by molar-refractivity contribution is 7.18. The SMILES string of the molecule is C[C@@H]1CCc2c(sc3ncn(Cc4ccc(F)cc4)c(=O)c23)C1. The molecule has 1 aliphatic rings. The zero-order valence-electron chi connectivity index (χ0n) is 12.9. The highest BCUT2D eigenvalue weighted by Gasteiger charge is 2.23. The molecule has 5 heteroatoms. The molecule has 0 N–H and O–H groups in total. The lowest BCUT2D eigenvalue weighted by atomic mass is 9.89. The Labute approximate surface area is 137 Å². The molecule has 2 heterocycles. The zero-order valence-corrected chi connectivity index (χ0v) is 13.7. The number of aryl methyl sites for hydroxylation is 1. The van der Waals surface area contributed by atoms with Crippen LogP contribution in [-0.2, 0) is 19.4 Å². The Balaban J connectivity index is 1.78. The molecule has 23 heavy (non-hydrogen) atoms. The fourth-order valence-corrected chi connectivity index (χ4v) is 4.61. The molecule has 0 aliphatic heterocycles. The summed E-state index contributed by atoms with van der Waals surface area (Å²) < 4.78 is 14.6. The van der Waals surface area contributed by atoms with Gasteiger partial charge in [0.1, 0.15) is 10.6 Å². The van der Waals surface area contributed by atoms with E-state index in [9.17, 15) is 9.18 Å². The monoisotopic (exact) mass is 328 g/mol. The second kappa shape index (κ2) is 5.57. The smallest absolute Gasteiger partial charge is 0.262 e. The molecule has 2 aromatic heterocycles. The first-order chi connectivity index (χ1) is 11.1. The molecule has 118 valence electrons. The molecule has 0 bridgehead atoms. The Bertz CT molecular complexity index is 927. The minimum Gasteiger partial charge on any atom is -0.294 e. The molecule has 0 saturated carbocycles. The van der Waals surface area contributed by atoms with E-state index in [1.807, 2.05) is 0 Å². The van der Waals surface area contributed by atoms with Crippen LogP contribution < -0.4 is 5.56 Å². The molecule has 0 saturated heterocycles. The molecule has 3 aromatic rings. The van der Waals surface area contributed by atoms with Crippen LogP contribution in [0.2, 0.25) is 0 Å². The molecule has 0 radical (unpaired) electrons. The van der Waals surface area contributed by atoms with E-state index in [2.05, 4.69) is 11.9 Å². The van der Waals surface area contributed by atoms with Crippen molar-refractivity contribution in [3.8, 4) is 0 Å². The summed E-state index contributed by atoms with van der Waals surface area (Å²) >= 11 is 1.66. The van der Waals surface area contributed by atoms with Crippen LogP contribution in [0.4, 0.5) is 4.39 Å². The van der Waals surface area contributed by atoms with Crippen LogP contribution in [-0.4, -0.2) is 9.55 Å². The summed E-state index contributed by atoms with van der Waals surface area (Å²) in [7, 11) is 0. The van der Waals surface area contributed by atoms with Crippen LogP contribution >= 0.6 is 11.3 Å². The first-order valence-corrected chi connectivity index (χ1v) is 8.67. The van der Waals surface area contributed by atoms with Crippen LogP contribution in [0.25, 0.3) is 10.2 Å². The van der Waals surface area contributed by atoms with Crippen LogP contribution in [0.3, 0.4) is 0 Å². The summed E-state index contributed by atoms with van der Waals surface area (Å²) in [4.78, 5) is 19.5. The third-order valence-electron chi connectivity index (χ3n) is 4.55. The largest absolute Gasteiger partial charge is 0.294 e. The number of thiophene rings is 1. The van der Waals surface area contributed by atoms with Gasteiger partial charge in [0.15, 0.2) is 0 Å². The van der Waals surface area contributed by atoms with Gasteiger partial charge in [-0.1, -0.05) is 19.1 Å². The number of halogens is 1. The van der Waals surface area contributed by atoms with Crippen molar-refractivity contribution in [1.29, 1.82) is 0 Å². The fourth-order valence-electron chi connectivity index (χ4n) is 3.27. The molecular weight excluding hydrogens is 311 g/mol. The Hall–Kier alpha value is -2.01. The predicted molar refractivity (Wildman–Crippen MR) is 90.6 cm³/mol. The molecular formula is C18H17FN2OS. The summed E-state index contributed by atoms with van der Waals surface area (Å²) in [6.07, 6.45) is 4.76. The number of nitrogens with zero attached hydrogens (tertiary/aromatic N) is 2. The van der Waals surface area contributed by atoms with E-state index in [0.29, 0.717) is 12.5 Å². The molecule has 0 spiro atoms. The van der Waals surface area contributed by atoms with E-state index in [-0.39, 0.29) is 11.4 Å². The van der Waals surface area contributed by atoms with E-state index in [4.69, 9.17) is 0 Å². The minimum atomic E-state index is -0.268. The number of benzene rings is 1. The van der Waals surface area contributed by atoms with Crippen molar-refractivity contribution in [3.05, 3.63) is 62.8 Å². The van der Waals surface area contributed by atoms with Crippen molar-refractivity contribution in [2.24, 2.45) is 5.92 Å². The predicted octanol–water partition coefficient (Wildman–Crippen LogP) is 3.77. The highest BCUT2D eigenvalue weighted by atomic mass is 32.1. The summed E-state index contributed by atoms with van der Waals surface area (Å²) in [6.45, 7) is 2.68. The van der Waals surface area contributed by atoms with Gasteiger partial charge in [0.05, 0.1) is 18.3 Å². The van der Waals surface area contributed by atoms with Gasteiger partial charge in [0.25, 0.3) is 5.56 Å². The number of rotatable bonds is 2. The van der Waals surface area contributed by atoms with Crippen LogP contribution in [0.1, 0.15) is 29.3 Å². The second-order valence-electron chi connectivity index (χ2n) is 6.34. The summed E-state index contributed by atoms with van der Waals surface area (Å²) in [5, 5.41) is 0.793. The molecule has 4 rings (SSSR count). The average molecular weight is 328 g/mol. The topological polar surface area (TPSA) is 34.9 Å². The van der Waals surface area contributed by atoms with Crippen molar-refractivity contribution in [1.82, 2.24) is 9.55 Å². The molecule has 0 amide bonds. The van der Waals surface area contributed by atoms with Crippen LogP contribution in [0.15, 0.2) is 35.4 Å². The average Bonchev–Trinajstić information content (AvgIpc) is 2.90. The maximum Gasteiger partial charge on any atom is 0.262 e. The van der Waals surface area contributed by atoms with Crippen molar-refractivity contribution in [3.63, 3.8) is 0 Å². The third-order valence-corrected chi connectivity index (χ3v) is 5.71. The second-order valence-corrected chi connectivity index (χ2v) is 7.42. The van der Waals surface area contributed by atoms with Gasteiger partial charge in [0.2, 0.25) is 0 Å². The number of fused-ring (bicyclic) bond motifs is 3. The van der Waals surface area contributed by atoms with Crippen molar-refractivity contribution in [2.45, 2.75) is 32.7 Å². The minimum absolute atomic E-state index is 0.0198. The first kappa shape index (κ1) is 14.6. The molecule has 0 unspecified atom stereocenters. The Morgan fingerprint density at radius 2 is 2.13 bits per heavy atom. The number of hydrogen-bond acceptors (Lipinski definition) is 3. The molecule has 1 aliphatic carbocycles. The lowest BCUT2D eigenvalue weighted by molar-refractivity contribution is 0.509. The zero-order chi connectivity index (χ0) is 16.0. The van der Waals surface area contributed by atoms with Gasteiger partial charge in [0, 0.05) is 4.88 Å². The number of hydrogen-bond donors (Lipinski definition) is 0. The maximum atomic E-state index is 13.0. The Morgan fingerprint density at radius 1 is 1.35 bits per heavy atom. The van der Waals surface area contributed by atoms with Crippen LogP contribution in [0, 0.1) is 11.7 Å². The number of aromatic nitrogens is 2. The normalized spacial score (nSPS) is 17.4. The van der Waals surface area contributed by atoms with Gasteiger partial charge in [-0.2, -0.15) is 0 Å². The third kappa shape index (κ3) is 2.59. The van der Waals surface area contributed by atoms with Gasteiger partial charge >= 0.3 is 0 Å². The maximum absolute atomic E-state index is 13.0. The standard InChI is InChI=1S/C18H17FN2OS/c1-11-2-7-14-15(8-11)23-17-16(14)18(22)21(10-20-17)9-12-3-5-13(19)6-4-12/h3-6,10-11H,2,7-9H2,1H3/t11-/m1/s1. The molecule has 1 aromatic carbocycles. The van der Waals surface area contributed by atoms with Gasteiger partial charge < -0.3 is 0 Å². The van der Waals surface area contributed by atoms with Gasteiger partial charge in [-0.05, 0) is 48.4 Å². The van der Waals surface area contributed by atoms with Crippen LogP contribution in [0.5, 0.6) is 0 Å². The van der Waals surface area contributed by atoms with Gasteiger partial charge in [-0.15, -0.1) is 11.3 Å². The summed E-state index contributed by atoms with van der Waals surface area (Å²) in [5.74, 6) is 0.410. The quantitative estimate of drug-likeness (QED) is 0.718. The lowest BCUT2D eigenvalue weighted by Gasteiger charge is -2.17.